The second kappa shape index (κ2) is 12.5. The molecule has 2 N–H and O–H groups in total. The highest BCUT2D eigenvalue weighted by molar-refractivity contribution is 5.89. The van der Waals surface area contributed by atoms with E-state index in [-0.39, 0.29) is 12.6 Å². The van der Waals surface area contributed by atoms with Crippen LogP contribution >= 0.6 is 0 Å². The smallest absolute Gasteiger partial charge is 0.338 e. The summed E-state index contributed by atoms with van der Waals surface area (Å²) in [6.07, 6.45) is 0.906. The quantitative estimate of drug-likeness (QED) is 0.285. The van der Waals surface area contributed by atoms with Crippen molar-refractivity contribution in [2.24, 2.45) is 4.99 Å². The zero-order valence-electron chi connectivity index (χ0n) is 16.6. The van der Waals surface area contributed by atoms with E-state index in [1.807, 2.05) is 55.5 Å². The number of ether oxygens (including phenoxy) is 2. The van der Waals surface area contributed by atoms with Gasteiger partial charge in [0.1, 0.15) is 6.61 Å². The van der Waals surface area contributed by atoms with E-state index in [1.54, 1.807) is 13.2 Å². The molecule has 2 rings (SSSR count). The van der Waals surface area contributed by atoms with Crippen molar-refractivity contribution in [2.45, 2.75) is 26.5 Å². The summed E-state index contributed by atoms with van der Waals surface area (Å²) in [7, 11) is 1.69. The van der Waals surface area contributed by atoms with Gasteiger partial charge in [-0.2, -0.15) is 0 Å². The monoisotopic (exact) mass is 383 g/mol. The van der Waals surface area contributed by atoms with Crippen LogP contribution in [0.15, 0.2) is 59.6 Å². The van der Waals surface area contributed by atoms with Gasteiger partial charge in [0.05, 0.1) is 12.1 Å². The van der Waals surface area contributed by atoms with E-state index in [9.17, 15) is 4.79 Å². The molecular weight excluding hydrogens is 354 g/mol. The Balaban J connectivity index is 1.92. The minimum atomic E-state index is -0.334. The number of methoxy groups -OCH3 is 1. The fraction of sp³-hybridized carbons (Fsp3) is 0.364. The van der Waals surface area contributed by atoms with Crippen LogP contribution in [0.3, 0.4) is 0 Å². The van der Waals surface area contributed by atoms with E-state index in [0.29, 0.717) is 18.7 Å². The molecule has 0 bridgehead atoms. The maximum absolute atomic E-state index is 12.3. The van der Waals surface area contributed by atoms with Crippen LogP contribution in [0.5, 0.6) is 0 Å². The van der Waals surface area contributed by atoms with Crippen LogP contribution < -0.4 is 10.6 Å². The molecule has 0 aliphatic heterocycles. The number of hydrogen-bond donors (Lipinski definition) is 2. The van der Waals surface area contributed by atoms with E-state index in [2.05, 4.69) is 15.6 Å². The Morgan fingerprint density at radius 1 is 1.04 bits per heavy atom. The summed E-state index contributed by atoms with van der Waals surface area (Å²) in [5, 5.41) is 6.48. The Hall–Kier alpha value is -2.86. The largest absolute Gasteiger partial charge is 0.457 e. The Bertz CT molecular complexity index is 748. The molecule has 28 heavy (non-hydrogen) atoms. The van der Waals surface area contributed by atoms with Gasteiger partial charge < -0.3 is 20.1 Å². The maximum Gasteiger partial charge on any atom is 0.338 e. The lowest BCUT2D eigenvalue weighted by Crippen LogP contribution is -2.38. The van der Waals surface area contributed by atoms with E-state index in [4.69, 9.17) is 9.47 Å². The highest BCUT2D eigenvalue weighted by atomic mass is 16.5. The zero-order valence-corrected chi connectivity index (χ0v) is 16.6. The normalized spacial score (nSPS) is 11.1. The summed E-state index contributed by atoms with van der Waals surface area (Å²) in [5.41, 5.74) is 2.44. The molecule has 0 unspecified atom stereocenters. The summed E-state index contributed by atoms with van der Waals surface area (Å²) in [4.78, 5) is 16.9. The number of rotatable bonds is 10. The molecule has 2 aromatic rings. The van der Waals surface area contributed by atoms with Gasteiger partial charge in [0.15, 0.2) is 5.96 Å². The number of esters is 1. The number of benzene rings is 2. The molecule has 0 heterocycles. The molecular formula is C22H29N3O3. The van der Waals surface area contributed by atoms with Crippen LogP contribution in [0.1, 0.15) is 34.8 Å². The van der Waals surface area contributed by atoms with Crippen molar-refractivity contribution in [3.8, 4) is 0 Å². The molecule has 150 valence electrons. The average molecular weight is 383 g/mol. The van der Waals surface area contributed by atoms with Crippen molar-refractivity contribution in [1.82, 2.24) is 10.6 Å². The number of carbonyl (C=O) groups excluding carboxylic acids is 1. The van der Waals surface area contributed by atoms with Crippen LogP contribution in [0.4, 0.5) is 0 Å². The number of guanidine groups is 1. The van der Waals surface area contributed by atoms with Crippen molar-refractivity contribution in [3.63, 3.8) is 0 Å². The fourth-order valence-electron chi connectivity index (χ4n) is 2.54. The van der Waals surface area contributed by atoms with Crippen LogP contribution in [0, 0.1) is 0 Å². The fourth-order valence-corrected chi connectivity index (χ4v) is 2.54. The van der Waals surface area contributed by atoms with Gasteiger partial charge in [0, 0.05) is 26.8 Å². The third kappa shape index (κ3) is 7.80. The molecule has 0 fully saturated rings. The van der Waals surface area contributed by atoms with Gasteiger partial charge >= 0.3 is 5.97 Å². The number of hydrogen-bond acceptors (Lipinski definition) is 4. The van der Waals surface area contributed by atoms with Gasteiger partial charge in [-0.15, -0.1) is 0 Å². The van der Waals surface area contributed by atoms with Gasteiger partial charge in [-0.05, 0) is 36.6 Å². The Morgan fingerprint density at radius 2 is 1.82 bits per heavy atom. The Labute approximate surface area is 167 Å². The summed E-state index contributed by atoms with van der Waals surface area (Å²) < 4.78 is 10.5. The predicted molar refractivity (Wildman–Crippen MR) is 111 cm³/mol. The van der Waals surface area contributed by atoms with E-state index < -0.39 is 0 Å². The minimum Gasteiger partial charge on any atom is -0.457 e. The standard InChI is InChI=1S/C22H29N3O3/c1-3-23-22(24-13-8-14-27-2)25-16-19-11-7-12-20(15-19)21(26)28-17-18-9-5-4-6-10-18/h4-7,9-12,15H,3,8,13-14,16-17H2,1-2H3,(H2,23,24,25). The highest BCUT2D eigenvalue weighted by Crippen LogP contribution is 2.10. The lowest BCUT2D eigenvalue weighted by atomic mass is 10.1. The van der Waals surface area contributed by atoms with Crippen molar-refractivity contribution in [1.29, 1.82) is 0 Å². The molecule has 0 radical (unpaired) electrons. The van der Waals surface area contributed by atoms with Crippen LogP contribution in [0.2, 0.25) is 0 Å². The first-order chi connectivity index (χ1) is 13.7. The molecule has 0 aliphatic carbocycles. The first-order valence-electron chi connectivity index (χ1n) is 9.54. The molecule has 6 nitrogen and oxygen atoms in total. The second-order valence-electron chi connectivity index (χ2n) is 6.23. The maximum atomic E-state index is 12.3. The topological polar surface area (TPSA) is 72.0 Å². The molecule has 0 saturated heterocycles. The lowest BCUT2D eigenvalue weighted by Gasteiger charge is -2.11. The zero-order chi connectivity index (χ0) is 20.0. The third-order valence-electron chi connectivity index (χ3n) is 3.96. The molecule has 6 heteroatoms. The van der Waals surface area contributed by atoms with Crippen molar-refractivity contribution in [3.05, 3.63) is 71.3 Å². The van der Waals surface area contributed by atoms with Crippen LogP contribution in [0.25, 0.3) is 0 Å². The van der Waals surface area contributed by atoms with Gasteiger partial charge in [0.2, 0.25) is 0 Å². The third-order valence-corrected chi connectivity index (χ3v) is 3.96. The molecule has 0 spiro atoms. The molecule has 0 amide bonds. The first kappa shape index (κ1) is 21.4. The van der Waals surface area contributed by atoms with Crippen molar-refractivity contribution >= 4 is 11.9 Å². The predicted octanol–water partition coefficient (Wildman–Crippen LogP) is 3.14. The van der Waals surface area contributed by atoms with Crippen molar-refractivity contribution in [2.75, 3.05) is 26.8 Å². The average Bonchev–Trinajstić information content (AvgIpc) is 2.74. The van der Waals surface area contributed by atoms with Crippen LogP contribution in [-0.2, 0) is 22.6 Å². The second-order valence-corrected chi connectivity index (χ2v) is 6.23. The number of nitrogens with one attached hydrogen (secondary N) is 2. The van der Waals surface area contributed by atoms with Crippen molar-refractivity contribution < 1.29 is 14.3 Å². The van der Waals surface area contributed by atoms with Crippen LogP contribution in [-0.4, -0.2) is 38.7 Å². The highest BCUT2D eigenvalue weighted by Gasteiger charge is 2.08. The summed E-state index contributed by atoms with van der Waals surface area (Å²) in [6.45, 7) is 5.03. The van der Waals surface area contributed by atoms with E-state index in [1.165, 1.54) is 0 Å². The molecule has 2 aromatic carbocycles. The lowest BCUT2D eigenvalue weighted by molar-refractivity contribution is 0.0472. The van der Waals surface area contributed by atoms with Gasteiger partial charge in [0.25, 0.3) is 0 Å². The van der Waals surface area contributed by atoms with Gasteiger partial charge in [-0.1, -0.05) is 42.5 Å². The summed E-state index contributed by atoms with van der Waals surface area (Å²) in [5.74, 6) is 0.412. The first-order valence-corrected chi connectivity index (χ1v) is 9.54. The van der Waals surface area contributed by atoms with Gasteiger partial charge in [-0.3, -0.25) is 0 Å². The number of carbonyl (C=O) groups is 1. The summed E-state index contributed by atoms with van der Waals surface area (Å²) in [6, 6.07) is 17.0. The molecule has 0 aromatic heterocycles. The number of nitrogens with zero attached hydrogens (tertiary/aromatic N) is 1. The molecule has 0 aliphatic rings. The van der Waals surface area contributed by atoms with E-state index >= 15 is 0 Å². The molecule has 0 atom stereocenters. The Morgan fingerprint density at radius 3 is 2.57 bits per heavy atom. The number of aliphatic imine (C=N–C) groups is 1. The summed E-state index contributed by atoms with van der Waals surface area (Å²) >= 11 is 0. The molecule has 0 saturated carbocycles. The van der Waals surface area contributed by atoms with Gasteiger partial charge in [-0.25, -0.2) is 9.79 Å². The minimum absolute atomic E-state index is 0.262. The Kier molecular flexibility index (Phi) is 9.58. The SMILES string of the molecule is CCNC(=NCc1cccc(C(=O)OCc2ccccc2)c1)NCCCOC. The van der Waals surface area contributed by atoms with E-state index in [0.717, 1.165) is 36.6 Å².